The number of aliphatic carboxylic acids is 1. The summed E-state index contributed by atoms with van der Waals surface area (Å²) in [7, 11) is 3.05. The Balaban J connectivity index is 1.89. The van der Waals surface area contributed by atoms with Gasteiger partial charge in [-0.2, -0.15) is 0 Å². The summed E-state index contributed by atoms with van der Waals surface area (Å²) in [6.45, 7) is 0.145. The van der Waals surface area contributed by atoms with E-state index >= 15 is 0 Å². The summed E-state index contributed by atoms with van der Waals surface area (Å²) in [5.74, 6) is -0.00997. The smallest absolute Gasteiger partial charge is 0.326 e. The number of nitrogens with zero attached hydrogens (tertiary/aromatic N) is 1. The number of amides is 2. The van der Waals surface area contributed by atoms with Crippen molar-refractivity contribution >= 4 is 29.3 Å². The molecule has 2 amide bonds. The van der Waals surface area contributed by atoms with E-state index in [1.807, 2.05) is 0 Å². The number of hydrogen-bond acceptors (Lipinski definition) is 4. The van der Waals surface area contributed by atoms with Crippen molar-refractivity contribution in [1.29, 1.82) is 0 Å². The molecule has 1 aliphatic heterocycles. The minimum absolute atomic E-state index is 0.145. The van der Waals surface area contributed by atoms with Crippen molar-refractivity contribution in [2.75, 3.05) is 19.5 Å². The normalized spacial score (nSPS) is 15.7. The maximum atomic E-state index is 12.7. The fourth-order valence-electron chi connectivity index (χ4n) is 3.08. The molecule has 0 bridgehead atoms. The number of carboxylic acid groups (broad SMARTS) is 1. The molecule has 0 saturated carbocycles. The fraction of sp³-hybridized carbons (Fsp3) is 0.263. The molecule has 2 aromatic carbocycles. The number of benzene rings is 2. The van der Waals surface area contributed by atoms with Crippen LogP contribution >= 0.6 is 11.6 Å². The van der Waals surface area contributed by atoms with Gasteiger partial charge in [0, 0.05) is 23.7 Å². The van der Waals surface area contributed by atoms with Gasteiger partial charge in [0.15, 0.2) is 11.5 Å². The van der Waals surface area contributed by atoms with Crippen LogP contribution in [0.15, 0.2) is 36.4 Å². The molecule has 1 heterocycles. The first kappa shape index (κ1) is 18.8. The summed E-state index contributed by atoms with van der Waals surface area (Å²) in [6.07, 6.45) is 0.180. The minimum atomic E-state index is -1.07. The van der Waals surface area contributed by atoms with Gasteiger partial charge in [0.1, 0.15) is 6.04 Å². The van der Waals surface area contributed by atoms with Gasteiger partial charge in [-0.25, -0.2) is 9.59 Å². The number of carbonyl (C=O) groups is 2. The number of methoxy groups -OCH3 is 2. The van der Waals surface area contributed by atoms with Crippen LogP contribution in [0.1, 0.15) is 11.1 Å². The standard InChI is InChI=1S/C19H19ClN2O5/c1-26-16-8-11-7-15(18(23)24)22(10-12(11)9-17(16)27-2)19(25)21-14-5-3-13(20)4-6-14/h3-6,8-9,15H,7,10H2,1-2H3,(H,21,25)(H,23,24)/t15-/m0/s1. The van der Waals surface area contributed by atoms with Gasteiger partial charge in [0.2, 0.25) is 0 Å². The highest BCUT2D eigenvalue weighted by Crippen LogP contribution is 2.35. The summed E-state index contributed by atoms with van der Waals surface area (Å²) < 4.78 is 10.6. The quantitative estimate of drug-likeness (QED) is 0.835. The molecule has 1 atom stereocenters. The first-order valence-electron chi connectivity index (χ1n) is 8.22. The molecule has 0 aliphatic carbocycles. The highest BCUT2D eigenvalue weighted by molar-refractivity contribution is 6.30. The van der Waals surface area contributed by atoms with Crippen LogP contribution in [-0.4, -0.2) is 42.3 Å². The van der Waals surface area contributed by atoms with Gasteiger partial charge in [-0.05, 0) is 47.5 Å². The molecule has 142 valence electrons. The number of halogens is 1. The molecular weight excluding hydrogens is 372 g/mol. The molecular formula is C19H19ClN2O5. The van der Waals surface area contributed by atoms with E-state index in [2.05, 4.69) is 5.32 Å². The molecule has 1 aliphatic rings. The third-order valence-corrected chi connectivity index (χ3v) is 4.73. The summed E-state index contributed by atoms with van der Waals surface area (Å²) in [5, 5.41) is 12.9. The van der Waals surface area contributed by atoms with Crippen molar-refractivity contribution in [3.63, 3.8) is 0 Å². The molecule has 0 spiro atoms. The predicted octanol–water partition coefficient (Wildman–Crippen LogP) is 3.40. The number of fused-ring (bicyclic) bond motifs is 1. The Bertz CT molecular complexity index is 869. The van der Waals surface area contributed by atoms with E-state index < -0.39 is 18.0 Å². The number of ether oxygens (including phenoxy) is 2. The lowest BCUT2D eigenvalue weighted by Gasteiger charge is -2.34. The van der Waals surface area contributed by atoms with Crippen molar-refractivity contribution in [1.82, 2.24) is 4.90 Å². The average molecular weight is 391 g/mol. The lowest BCUT2D eigenvalue weighted by Crippen LogP contribution is -2.50. The number of carboxylic acids is 1. The second-order valence-corrected chi connectivity index (χ2v) is 6.54. The van der Waals surface area contributed by atoms with E-state index in [9.17, 15) is 14.7 Å². The number of anilines is 1. The van der Waals surface area contributed by atoms with Crippen LogP contribution in [-0.2, 0) is 17.8 Å². The zero-order chi connectivity index (χ0) is 19.6. The number of rotatable bonds is 4. The van der Waals surface area contributed by atoms with Gasteiger partial charge in [-0.15, -0.1) is 0 Å². The van der Waals surface area contributed by atoms with Crippen LogP contribution in [0.25, 0.3) is 0 Å². The summed E-state index contributed by atoms with van der Waals surface area (Å²) >= 11 is 5.85. The zero-order valence-electron chi connectivity index (χ0n) is 14.9. The van der Waals surface area contributed by atoms with Crippen LogP contribution in [0.2, 0.25) is 5.02 Å². The van der Waals surface area contributed by atoms with Gasteiger partial charge in [0.25, 0.3) is 0 Å². The van der Waals surface area contributed by atoms with Gasteiger partial charge in [0.05, 0.1) is 14.2 Å². The van der Waals surface area contributed by atoms with Crippen LogP contribution in [0.5, 0.6) is 11.5 Å². The van der Waals surface area contributed by atoms with Crippen molar-refractivity contribution in [3.05, 3.63) is 52.5 Å². The molecule has 0 radical (unpaired) electrons. The van der Waals surface area contributed by atoms with E-state index in [0.29, 0.717) is 22.2 Å². The van der Waals surface area contributed by atoms with Gasteiger partial charge >= 0.3 is 12.0 Å². The Morgan fingerprint density at radius 3 is 2.26 bits per heavy atom. The third kappa shape index (κ3) is 3.93. The largest absolute Gasteiger partial charge is 0.493 e. The Morgan fingerprint density at radius 1 is 1.11 bits per heavy atom. The monoisotopic (exact) mass is 390 g/mol. The molecule has 27 heavy (non-hydrogen) atoms. The zero-order valence-corrected chi connectivity index (χ0v) is 15.6. The maximum Gasteiger partial charge on any atom is 0.326 e. The molecule has 2 aromatic rings. The number of nitrogens with one attached hydrogen (secondary N) is 1. The van der Waals surface area contributed by atoms with Gasteiger partial charge < -0.3 is 24.8 Å². The predicted molar refractivity (Wildman–Crippen MR) is 101 cm³/mol. The maximum absolute atomic E-state index is 12.7. The van der Waals surface area contributed by atoms with E-state index in [4.69, 9.17) is 21.1 Å². The fourth-order valence-corrected chi connectivity index (χ4v) is 3.20. The molecule has 2 N–H and O–H groups in total. The summed E-state index contributed by atoms with van der Waals surface area (Å²) in [4.78, 5) is 25.8. The van der Waals surface area contributed by atoms with Crippen LogP contribution in [0.4, 0.5) is 10.5 Å². The molecule has 0 aromatic heterocycles. The first-order valence-corrected chi connectivity index (χ1v) is 8.60. The Labute approximate surface area is 161 Å². The van der Waals surface area contributed by atoms with Crippen LogP contribution < -0.4 is 14.8 Å². The van der Waals surface area contributed by atoms with E-state index in [1.165, 1.54) is 19.1 Å². The van der Waals surface area contributed by atoms with E-state index in [-0.39, 0.29) is 13.0 Å². The summed E-state index contributed by atoms with van der Waals surface area (Å²) in [5.41, 5.74) is 2.17. The Kier molecular flexibility index (Phi) is 5.41. The molecule has 3 rings (SSSR count). The lowest BCUT2D eigenvalue weighted by atomic mass is 9.93. The third-order valence-electron chi connectivity index (χ3n) is 4.48. The van der Waals surface area contributed by atoms with E-state index in [0.717, 1.165) is 11.1 Å². The molecule has 8 heteroatoms. The van der Waals surface area contributed by atoms with E-state index in [1.54, 1.807) is 36.4 Å². The van der Waals surface area contributed by atoms with Crippen molar-refractivity contribution in [3.8, 4) is 11.5 Å². The Morgan fingerprint density at radius 2 is 1.70 bits per heavy atom. The lowest BCUT2D eigenvalue weighted by molar-refractivity contribution is -0.142. The van der Waals surface area contributed by atoms with Crippen molar-refractivity contribution in [2.45, 2.75) is 19.0 Å². The highest BCUT2D eigenvalue weighted by Gasteiger charge is 2.35. The minimum Gasteiger partial charge on any atom is -0.493 e. The second-order valence-electron chi connectivity index (χ2n) is 6.10. The van der Waals surface area contributed by atoms with Crippen LogP contribution in [0, 0.1) is 0 Å². The second kappa shape index (κ2) is 7.75. The van der Waals surface area contributed by atoms with Crippen LogP contribution in [0.3, 0.4) is 0 Å². The van der Waals surface area contributed by atoms with Crippen molar-refractivity contribution < 1.29 is 24.2 Å². The molecule has 0 fully saturated rings. The topological polar surface area (TPSA) is 88.1 Å². The molecule has 0 saturated heterocycles. The number of urea groups is 1. The first-order chi connectivity index (χ1) is 12.9. The van der Waals surface area contributed by atoms with Gasteiger partial charge in [-0.1, -0.05) is 11.6 Å². The number of hydrogen-bond donors (Lipinski definition) is 2. The Hall–Kier alpha value is -2.93. The summed E-state index contributed by atoms with van der Waals surface area (Å²) in [6, 6.07) is 8.66. The van der Waals surface area contributed by atoms with Gasteiger partial charge in [-0.3, -0.25) is 0 Å². The SMILES string of the molecule is COc1cc2c(cc1OC)CN(C(=O)Nc1ccc(Cl)cc1)[C@H](C(=O)O)C2. The molecule has 7 nitrogen and oxygen atoms in total. The highest BCUT2D eigenvalue weighted by atomic mass is 35.5. The number of carbonyl (C=O) groups excluding carboxylic acids is 1. The molecule has 0 unspecified atom stereocenters. The average Bonchev–Trinajstić information content (AvgIpc) is 2.67. The van der Waals surface area contributed by atoms with Crippen molar-refractivity contribution in [2.24, 2.45) is 0 Å².